The van der Waals surface area contributed by atoms with Crippen molar-refractivity contribution in [2.75, 3.05) is 37.6 Å². The average Bonchev–Trinajstić information content (AvgIpc) is 2.57. The number of nitrogens with one attached hydrogen (secondary N) is 1. The summed E-state index contributed by atoms with van der Waals surface area (Å²) in [6.07, 6.45) is 6.18. The molecule has 0 spiro atoms. The molecule has 4 heteroatoms. The van der Waals surface area contributed by atoms with Crippen LogP contribution in [0.5, 0.6) is 0 Å². The van der Waals surface area contributed by atoms with Crippen LogP contribution in [0, 0.1) is 0 Å². The lowest BCUT2D eigenvalue weighted by Crippen LogP contribution is -2.50. The van der Waals surface area contributed by atoms with Gasteiger partial charge in [-0.15, -0.1) is 0 Å². The van der Waals surface area contributed by atoms with Crippen molar-refractivity contribution in [1.29, 1.82) is 0 Å². The Labute approximate surface area is 133 Å². The van der Waals surface area contributed by atoms with Crippen LogP contribution >= 0.6 is 0 Å². The summed E-state index contributed by atoms with van der Waals surface area (Å²) in [5, 5.41) is 3.21. The first-order chi connectivity index (χ1) is 10.8. The molecule has 1 aliphatic carbocycles. The van der Waals surface area contributed by atoms with Gasteiger partial charge in [-0.2, -0.15) is 0 Å². The van der Waals surface area contributed by atoms with E-state index in [1.807, 2.05) is 0 Å². The Kier molecular flexibility index (Phi) is 5.33. The summed E-state index contributed by atoms with van der Waals surface area (Å²) in [6, 6.07) is 11.0. The third-order valence-electron chi connectivity index (χ3n) is 4.83. The first-order valence-electron chi connectivity index (χ1n) is 8.63. The second-order valence-electron chi connectivity index (χ2n) is 6.50. The maximum atomic E-state index is 12.2. The third kappa shape index (κ3) is 4.23. The molecule has 120 valence electrons. The standard InChI is InChI=1S/C18H27N3O/c22-18(19-16-7-3-1-4-8-16)15-20-11-13-21(14-12-20)17-9-5-2-6-10-17/h2,5-6,9-10,16H,1,3-4,7-8,11-15H2,(H,19,22). The third-order valence-corrected chi connectivity index (χ3v) is 4.83. The lowest BCUT2D eigenvalue weighted by molar-refractivity contribution is -0.123. The molecule has 1 heterocycles. The van der Waals surface area contributed by atoms with E-state index in [2.05, 4.69) is 45.4 Å². The molecule has 1 aliphatic heterocycles. The predicted octanol–water partition coefficient (Wildman–Crippen LogP) is 2.26. The van der Waals surface area contributed by atoms with Gasteiger partial charge >= 0.3 is 0 Å². The van der Waals surface area contributed by atoms with Crippen LogP contribution in [0.1, 0.15) is 32.1 Å². The Morgan fingerprint density at radius 1 is 1.00 bits per heavy atom. The molecular formula is C18H27N3O. The molecule has 0 atom stereocenters. The number of para-hydroxylation sites is 1. The molecule has 0 bridgehead atoms. The minimum Gasteiger partial charge on any atom is -0.369 e. The number of carbonyl (C=O) groups is 1. The van der Waals surface area contributed by atoms with Gasteiger partial charge in [0.05, 0.1) is 6.54 Å². The fourth-order valence-electron chi connectivity index (χ4n) is 3.53. The van der Waals surface area contributed by atoms with Gasteiger partial charge in [0, 0.05) is 37.9 Å². The molecule has 1 aromatic rings. The largest absolute Gasteiger partial charge is 0.369 e. The van der Waals surface area contributed by atoms with Crippen LogP contribution in [0.25, 0.3) is 0 Å². The summed E-state index contributed by atoms with van der Waals surface area (Å²) in [6.45, 7) is 4.49. The Morgan fingerprint density at radius 3 is 2.36 bits per heavy atom. The highest BCUT2D eigenvalue weighted by molar-refractivity contribution is 5.78. The number of hydrogen-bond acceptors (Lipinski definition) is 3. The van der Waals surface area contributed by atoms with E-state index < -0.39 is 0 Å². The van der Waals surface area contributed by atoms with Crippen molar-refractivity contribution in [2.24, 2.45) is 0 Å². The van der Waals surface area contributed by atoms with Gasteiger partial charge in [-0.3, -0.25) is 9.69 Å². The van der Waals surface area contributed by atoms with E-state index in [-0.39, 0.29) is 5.91 Å². The SMILES string of the molecule is O=C(CN1CCN(c2ccccc2)CC1)NC1CCCCC1. The smallest absolute Gasteiger partial charge is 0.234 e. The molecular weight excluding hydrogens is 274 g/mol. The Hall–Kier alpha value is -1.55. The van der Waals surface area contributed by atoms with Gasteiger partial charge in [0.2, 0.25) is 5.91 Å². The number of carbonyl (C=O) groups excluding carboxylic acids is 1. The molecule has 0 radical (unpaired) electrons. The number of hydrogen-bond donors (Lipinski definition) is 1. The van der Waals surface area contributed by atoms with Crippen molar-refractivity contribution in [3.8, 4) is 0 Å². The summed E-state index contributed by atoms with van der Waals surface area (Å²) < 4.78 is 0. The zero-order valence-corrected chi connectivity index (χ0v) is 13.3. The lowest BCUT2D eigenvalue weighted by atomic mass is 9.95. The van der Waals surface area contributed by atoms with Crippen LogP contribution in [0.15, 0.2) is 30.3 Å². The maximum absolute atomic E-state index is 12.2. The molecule has 2 aliphatic rings. The number of amides is 1. The summed E-state index contributed by atoms with van der Waals surface area (Å²) >= 11 is 0. The normalized spacial score (nSPS) is 20.8. The fourth-order valence-corrected chi connectivity index (χ4v) is 3.53. The van der Waals surface area contributed by atoms with E-state index in [1.165, 1.54) is 24.9 Å². The summed E-state index contributed by atoms with van der Waals surface area (Å²) in [7, 11) is 0. The molecule has 3 rings (SSSR count). The first kappa shape index (κ1) is 15.3. The van der Waals surface area contributed by atoms with Crippen molar-refractivity contribution in [3.05, 3.63) is 30.3 Å². The number of anilines is 1. The molecule has 1 aromatic carbocycles. The van der Waals surface area contributed by atoms with E-state index in [9.17, 15) is 4.79 Å². The molecule has 1 saturated carbocycles. The number of nitrogens with zero attached hydrogens (tertiary/aromatic N) is 2. The predicted molar refractivity (Wildman–Crippen MR) is 90.1 cm³/mol. The van der Waals surface area contributed by atoms with Gasteiger partial charge in [0.1, 0.15) is 0 Å². The van der Waals surface area contributed by atoms with Crippen molar-refractivity contribution in [2.45, 2.75) is 38.1 Å². The topological polar surface area (TPSA) is 35.6 Å². The maximum Gasteiger partial charge on any atom is 0.234 e. The minimum absolute atomic E-state index is 0.208. The summed E-state index contributed by atoms with van der Waals surface area (Å²) in [4.78, 5) is 16.8. The monoisotopic (exact) mass is 301 g/mol. The van der Waals surface area contributed by atoms with Gasteiger partial charge in [0.15, 0.2) is 0 Å². The second-order valence-corrected chi connectivity index (χ2v) is 6.50. The fraction of sp³-hybridized carbons (Fsp3) is 0.611. The van der Waals surface area contributed by atoms with Crippen LogP contribution in [0.3, 0.4) is 0 Å². The Balaban J connectivity index is 1.41. The van der Waals surface area contributed by atoms with Crippen LogP contribution < -0.4 is 10.2 Å². The molecule has 0 aromatic heterocycles. The lowest BCUT2D eigenvalue weighted by Gasteiger charge is -2.36. The molecule has 1 saturated heterocycles. The van der Waals surface area contributed by atoms with Crippen LogP contribution in [-0.2, 0) is 4.79 Å². The van der Waals surface area contributed by atoms with Gasteiger partial charge in [-0.25, -0.2) is 0 Å². The highest BCUT2D eigenvalue weighted by Crippen LogP contribution is 2.18. The van der Waals surface area contributed by atoms with Crippen molar-refractivity contribution in [1.82, 2.24) is 10.2 Å². The molecule has 22 heavy (non-hydrogen) atoms. The minimum atomic E-state index is 0.208. The molecule has 0 unspecified atom stereocenters. The number of rotatable bonds is 4. The van der Waals surface area contributed by atoms with Gasteiger partial charge < -0.3 is 10.2 Å². The molecule has 1 N–H and O–H groups in total. The van der Waals surface area contributed by atoms with E-state index in [0.717, 1.165) is 39.0 Å². The van der Waals surface area contributed by atoms with Crippen molar-refractivity contribution >= 4 is 11.6 Å². The highest BCUT2D eigenvalue weighted by Gasteiger charge is 2.21. The summed E-state index contributed by atoms with van der Waals surface area (Å²) in [5.41, 5.74) is 1.29. The van der Waals surface area contributed by atoms with Crippen molar-refractivity contribution < 1.29 is 4.79 Å². The molecule has 4 nitrogen and oxygen atoms in total. The van der Waals surface area contributed by atoms with E-state index in [1.54, 1.807) is 0 Å². The van der Waals surface area contributed by atoms with Gasteiger partial charge in [-0.05, 0) is 25.0 Å². The van der Waals surface area contributed by atoms with Crippen LogP contribution in [-0.4, -0.2) is 49.6 Å². The second kappa shape index (κ2) is 7.63. The Morgan fingerprint density at radius 2 is 1.68 bits per heavy atom. The van der Waals surface area contributed by atoms with Crippen molar-refractivity contribution in [3.63, 3.8) is 0 Å². The average molecular weight is 301 g/mol. The number of piperazine rings is 1. The Bertz CT molecular complexity index is 462. The zero-order chi connectivity index (χ0) is 15.2. The zero-order valence-electron chi connectivity index (χ0n) is 13.3. The van der Waals surface area contributed by atoms with Gasteiger partial charge in [0.25, 0.3) is 0 Å². The quantitative estimate of drug-likeness (QED) is 0.926. The van der Waals surface area contributed by atoms with Crippen LogP contribution in [0.4, 0.5) is 5.69 Å². The van der Waals surface area contributed by atoms with Crippen LogP contribution in [0.2, 0.25) is 0 Å². The highest BCUT2D eigenvalue weighted by atomic mass is 16.2. The van der Waals surface area contributed by atoms with E-state index in [4.69, 9.17) is 0 Å². The molecule has 2 fully saturated rings. The first-order valence-corrected chi connectivity index (χ1v) is 8.63. The van der Waals surface area contributed by atoms with Gasteiger partial charge in [-0.1, -0.05) is 37.5 Å². The van der Waals surface area contributed by atoms with E-state index >= 15 is 0 Å². The molecule has 1 amide bonds. The summed E-state index contributed by atoms with van der Waals surface area (Å²) in [5.74, 6) is 0.208. The number of benzene rings is 1. The van der Waals surface area contributed by atoms with E-state index in [0.29, 0.717) is 12.6 Å².